The second kappa shape index (κ2) is 6.46. The van der Waals surface area contributed by atoms with Crippen LogP contribution in [0.1, 0.15) is 58.8 Å². The molecule has 0 bridgehead atoms. The fourth-order valence-corrected chi connectivity index (χ4v) is 2.65. The Morgan fingerprint density at radius 2 is 1.73 bits per heavy atom. The van der Waals surface area contributed by atoms with E-state index in [1.807, 2.05) is 0 Å². The summed E-state index contributed by atoms with van der Waals surface area (Å²) in [4.78, 5) is 2.37. The van der Waals surface area contributed by atoms with Gasteiger partial charge in [-0.2, -0.15) is 0 Å². The fourth-order valence-electron chi connectivity index (χ4n) is 2.65. The predicted octanol–water partition coefficient (Wildman–Crippen LogP) is 2.01. The number of nitrogens with two attached hydrogens (primary N) is 2. The van der Waals surface area contributed by atoms with Gasteiger partial charge in [0.25, 0.3) is 0 Å². The molecule has 0 aromatic heterocycles. The van der Waals surface area contributed by atoms with Gasteiger partial charge in [0.05, 0.1) is 12.3 Å². The van der Waals surface area contributed by atoms with Crippen molar-refractivity contribution in [2.45, 2.75) is 77.2 Å². The third-order valence-electron chi connectivity index (χ3n) is 3.51. The van der Waals surface area contributed by atoms with Crippen molar-refractivity contribution < 1.29 is 0 Å². The first-order valence-corrected chi connectivity index (χ1v) is 6.49. The van der Waals surface area contributed by atoms with Crippen molar-refractivity contribution in [2.24, 2.45) is 11.5 Å². The number of nitrogens with zero attached hydrogens (tertiary/aromatic N) is 1. The van der Waals surface area contributed by atoms with Gasteiger partial charge in [0.15, 0.2) is 0 Å². The molecule has 0 aromatic carbocycles. The molecule has 0 aliphatic heterocycles. The van der Waals surface area contributed by atoms with E-state index in [9.17, 15) is 0 Å². The molecule has 90 valence electrons. The number of hydrogen-bond donors (Lipinski definition) is 2. The summed E-state index contributed by atoms with van der Waals surface area (Å²) in [5, 5.41) is 0. The van der Waals surface area contributed by atoms with Crippen LogP contribution in [-0.4, -0.2) is 23.3 Å². The number of rotatable bonds is 6. The molecule has 4 N–H and O–H groups in total. The minimum absolute atomic E-state index is 0.148. The summed E-state index contributed by atoms with van der Waals surface area (Å²) < 4.78 is 0. The topological polar surface area (TPSA) is 55.3 Å². The van der Waals surface area contributed by atoms with Crippen LogP contribution in [0.15, 0.2) is 0 Å². The molecule has 15 heavy (non-hydrogen) atoms. The van der Waals surface area contributed by atoms with E-state index < -0.39 is 0 Å². The molecule has 1 aliphatic rings. The van der Waals surface area contributed by atoms with Gasteiger partial charge in [-0.3, -0.25) is 4.90 Å². The Morgan fingerprint density at radius 1 is 1.13 bits per heavy atom. The molecule has 2 unspecified atom stereocenters. The van der Waals surface area contributed by atoms with Crippen LogP contribution in [0.25, 0.3) is 0 Å². The molecule has 1 aliphatic carbocycles. The Labute approximate surface area is 94.2 Å². The summed E-state index contributed by atoms with van der Waals surface area (Å²) in [7, 11) is 0. The molecule has 1 rings (SSSR count). The molecular weight excluding hydrogens is 186 g/mol. The minimum atomic E-state index is 0.148. The standard InChI is InChI=1S/C12H27N3/c1-3-7-12(14)15(11(13)4-2)10-8-5-6-9-10/h10-12H,3-9,13-14H2,1-2H3. The van der Waals surface area contributed by atoms with Gasteiger partial charge in [-0.1, -0.05) is 33.1 Å². The van der Waals surface area contributed by atoms with Crippen molar-refractivity contribution in [3.63, 3.8) is 0 Å². The first-order valence-electron chi connectivity index (χ1n) is 6.49. The molecule has 3 heteroatoms. The maximum absolute atomic E-state index is 6.23. The Kier molecular flexibility index (Phi) is 5.58. The van der Waals surface area contributed by atoms with Crippen LogP contribution >= 0.6 is 0 Å². The second-order valence-electron chi connectivity index (χ2n) is 4.72. The van der Waals surface area contributed by atoms with Crippen molar-refractivity contribution in [1.82, 2.24) is 4.90 Å². The van der Waals surface area contributed by atoms with Crippen molar-refractivity contribution in [2.75, 3.05) is 0 Å². The minimum Gasteiger partial charge on any atom is -0.316 e. The van der Waals surface area contributed by atoms with Crippen LogP contribution in [0.5, 0.6) is 0 Å². The van der Waals surface area contributed by atoms with Gasteiger partial charge in [0, 0.05) is 6.04 Å². The zero-order valence-corrected chi connectivity index (χ0v) is 10.3. The zero-order valence-electron chi connectivity index (χ0n) is 10.3. The lowest BCUT2D eigenvalue weighted by Crippen LogP contribution is -2.55. The van der Waals surface area contributed by atoms with Crippen molar-refractivity contribution >= 4 is 0 Å². The maximum atomic E-state index is 6.23. The van der Waals surface area contributed by atoms with E-state index in [0.29, 0.717) is 6.04 Å². The fraction of sp³-hybridized carbons (Fsp3) is 1.00. The van der Waals surface area contributed by atoms with E-state index >= 15 is 0 Å². The highest BCUT2D eigenvalue weighted by atomic mass is 15.3. The third-order valence-corrected chi connectivity index (χ3v) is 3.51. The monoisotopic (exact) mass is 213 g/mol. The average Bonchev–Trinajstić information content (AvgIpc) is 2.71. The molecular formula is C12H27N3. The first-order chi connectivity index (χ1) is 7.20. The van der Waals surface area contributed by atoms with Crippen molar-refractivity contribution in [3.05, 3.63) is 0 Å². The number of hydrogen-bond acceptors (Lipinski definition) is 3. The van der Waals surface area contributed by atoms with Crippen LogP contribution in [0.3, 0.4) is 0 Å². The smallest absolute Gasteiger partial charge is 0.0588 e. The molecule has 0 aromatic rings. The highest BCUT2D eigenvalue weighted by Crippen LogP contribution is 2.26. The maximum Gasteiger partial charge on any atom is 0.0588 e. The van der Waals surface area contributed by atoms with Crippen molar-refractivity contribution in [1.29, 1.82) is 0 Å². The lowest BCUT2D eigenvalue weighted by Gasteiger charge is -2.38. The normalized spacial score (nSPS) is 22.2. The average molecular weight is 213 g/mol. The quantitative estimate of drug-likeness (QED) is 0.664. The van der Waals surface area contributed by atoms with Gasteiger partial charge >= 0.3 is 0 Å². The Hall–Kier alpha value is -0.120. The molecule has 0 saturated heterocycles. The van der Waals surface area contributed by atoms with Gasteiger partial charge in [-0.15, -0.1) is 0 Å². The largest absolute Gasteiger partial charge is 0.316 e. The Morgan fingerprint density at radius 3 is 2.20 bits per heavy atom. The highest BCUT2D eigenvalue weighted by Gasteiger charge is 2.29. The Bertz CT molecular complexity index is 166. The molecule has 0 amide bonds. The van der Waals surface area contributed by atoms with Crippen LogP contribution < -0.4 is 11.5 Å². The first kappa shape index (κ1) is 12.9. The van der Waals surface area contributed by atoms with Gasteiger partial charge in [-0.25, -0.2) is 0 Å². The van der Waals surface area contributed by atoms with E-state index in [4.69, 9.17) is 11.5 Å². The molecule has 0 spiro atoms. The molecule has 3 nitrogen and oxygen atoms in total. The summed E-state index contributed by atoms with van der Waals surface area (Å²) in [6, 6.07) is 0.640. The summed E-state index contributed by atoms with van der Waals surface area (Å²) in [6.45, 7) is 4.33. The SMILES string of the molecule is CCCC(N)N(C(N)CC)C1CCCC1. The molecule has 0 heterocycles. The van der Waals surface area contributed by atoms with E-state index in [0.717, 1.165) is 19.3 Å². The van der Waals surface area contributed by atoms with E-state index in [-0.39, 0.29) is 12.3 Å². The van der Waals surface area contributed by atoms with Crippen molar-refractivity contribution in [3.8, 4) is 0 Å². The van der Waals surface area contributed by atoms with Gasteiger partial charge in [0.1, 0.15) is 0 Å². The van der Waals surface area contributed by atoms with Gasteiger partial charge in [-0.05, 0) is 25.7 Å². The van der Waals surface area contributed by atoms with E-state index in [2.05, 4.69) is 18.7 Å². The highest BCUT2D eigenvalue weighted by molar-refractivity contribution is 4.83. The summed E-state index contributed by atoms with van der Waals surface area (Å²) in [6.07, 6.45) is 8.75. The lowest BCUT2D eigenvalue weighted by atomic mass is 10.1. The summed E-state index contributed by atoms with van der Waals surface area (Å²) in [5.41, 5.74) is 12.4. The summed E-state index contributed by atoms with van der Waals surface area (Å²) >= 11 is 0. The van der Waals surface area contributed by atoms with E-state index in [1.165, 1.54) is 25.7 Å². The van der Waals surface area contributed by atoms with E-state index in [1.54, 1.807) is 0 Å². The van der Waals surface area contributed by atoms with Crippen LogP contribution in [-0.2, 0) is 0 Å². The van der Waals surface area contributed by atoms with Crippen LogP contribution in [0, 0.1) is 0 Å². The lowest BCUT2D eigenvalue weighted by molar-refractivity contribution is 0.0765. The predicted molar refractivity (Wildman–Crippen MR) is 65.2 cm³/mol. The summed E-state index contributed by atoms with van der Waals surface area (Å²) in [5.74, 6) is 0. The Balaban J connectivity index is 2.58. The van der Waals surface area contributed by atoms with Gasteiger partial charge < -0.3 is 11.5 Å². The molecule has 0 radical (unpaired) electrons. The molecule has 1 fully saturated rings. The van der Waals surface area contributed by atoms with Gasteiger partial charge in [0.2, 0.25) is 0 Å². The van der Waals surface area contributed by atoms with Crippen LogP contribution in [0.2, 0.25) is 0 Å². The second-order valence-corrected chi connectivity index (χ2v) is 4.72. The molecule has 1 saturated carbocycles. The zero-order chi connectivity index (χ0) is 11.3. The van der Waals surface area contributed by atoms with Crippen LogP contribution in [0.4, 0.5) is 0 Å². The molecule has 2 atom stereocenters. The third kappa shape index (κ3) is 3.44.